The maximum absolute atomic E-state index is 14.7. The second kappa shape index (κ2) is 10.4. The average Bonchev–Trinajstić information content (AvgIpc) is 3.63. The zero-order chi connectivity index (χ0) is 26.4. The molecule has 2 fully saturated rings. The molecule has 4 atom stereocenters. The molecule has 1 saturated carbocycles. The first kappa shape index (κ1) is 27.6. The summed E-state index contributed by atoms with van der Waals surface area (Å²) in [5, 5.41) is 0.667. The van der Waals surface area contributed by atoms with Crippen LogP contribution in [0, 0.1) is 11.7 Å². The molecule has 1 heterocycles. The summed E-state index contributed by atoms with van der Waals surface area (Å²) in [6, 6.07) is 11.5. The highest BCUT2D eigenvalue weighted by Crippen LogP contribution is 2.48. The normalized spacial score (nSPS) is 24.2. The van der Waals surface area contributed by atoms with E-state index in [-0.39, 0.29) is 22.0 Å². The molecule has 196 valence electrons. The summed E-state index contributed by atoms with van der Waals surface area (Å²) in [5.74, 6) is -0.293. The van der Waals surface area contributed by atoms with Crippen LogP contribution >= 0.6 is 23.2 Å². The highest BCUT2D eigenvalue weighted by atomic mass is 35.5. The van der Waals surface area contributed by atoms with Crippen molar-refractivity contribution in [3.63, 3.8) is 0 Å². The number of ether oxygens (including phenoxy) is 1. The van der Waals surface area contributed by atoms with Gasteiger partial charge in [0, 0.05) is 5.02 Å². The topological polar surface area (TPSA) is 38.8 Å². The molecule has 2 aromatic carbocycles. The Balaban J connectivity index is 1.80. The lowest BCUT2D eigenvalue weighted by atomic mass is 9.89. The van der Waals surface area contributed by atoms with E-state index >= 15 is 0 Å². The van der Waals surface area contributed by atoms with Crippen LogP contribution in [0.1, 0.15) is 63.8 Å². The Kier molecular flexibility index (Phi) is 7.95. The molecule has 0 radical (unpaired) electrons. The van der Waals surface area contributed by atoms with Crippen molar-refractivity contribution in [3.05, 3.63) is 69.5 Å². The lowest BCUT2D eigenvalue weighted by Crippen LogP contribution is -2.57. The van der Waals surface area contributed by atoms with Crippen LogP contribution < -0.4 is 0 Å². The number of benzene rings is 2. The average molecular weight is 553 g/mol. The van der Waals surface area contributed by atoms with Crippen LogP contribution in [0.4, 0.5) is 4.39 Å². The number of carbonyl (C=O) groups is 1. The minimum Gasteiger partial charge on any atom is -0.415 e. The summed E-state index contributed by atoms with van der Waals surface area (Å²) in [7, 11) is -2.06. The van der Waals surface area contributed by atoms with Crippen LogP contribution in [0.5, 0.6) is 0 Å². The van der Waals surface area contributed by atoms with E-state index < -0.39 is 32.4 Å². The molecule has 2 aromatic rings. The SMILES string of the molecule is C[C@H]1O[C@H](c2cccc(Cl)c2)C(c2ccc(Cl)c(F)c2)N(C(CO[Si](C)(C)C(C)(C)C)C2CC2)C1=O. The summed E-state index contributed by atoms with van der Waals surface area (Å²) >= 11 is 12.4. The van der Waals surface area contributed by atoms with Gasteiger partial charge in [-0.05, 0) is 79.2 Å². The van der Waals surface area contributed by atoms with Gasteiger partial charge in [0.25, 0.3) is 5.91 Å². The van der Waals surface area contributed by atoms with Gasteiger partial charge in [0.2, 0.25) is 0 Å². The number of morpholine rings is 1. The molecule has 2 unspecified atom stereocenters. The summed E-state index contributed by atoms with van der Waals surface area (Å²) in [4.78, 5) is 15.7. The summed E-state index contributed by atoms with van der Waals surface area (Å²) in [6.45, 7) is 13.3. The summed E-state index contributed by atoms with van der Waals surface area (Å²) in [6.07, 6.45) is 0.893. The number of rotatable bonds is 7. The van der Waals surface area contributed by atoms with Crippen molar-refractivity contribution in [1.82, 2.24) is 4.90 Å². The second-order valence-corrected chi connectivity index (χ2v) is 17.2. The monoisotopic (exact) mass is 551 g/mol. The van der Waals surface area contributed by atoms with E-state index in [2.05, 4.69) is 33.9 Å². The highest BCUT2D eigenvalue weighted by Gasteiger charge is 2.50. The van der Waals surface area contributed by atoms with E-state index in [1.807, 2.05) is 23.1 Å². The van der Waals surface area contributed by atoms with Crippen LogP contribution in [0.2, 0.25) is 28.2 Å². The van der Waals surface area contributed by atoms with Gasteiger partial charge >= 0.3 is 0 Å². The maximum Gasteiger partial charge on any atom is 0.252 e. The van der Waals surface area contributed by atoms with Crippen LogP contribution in [0.15, 0.2) is 42.5 Å². The molecule has 0 spiro atoms. The van der Waals surface area contributed by atoms with Crippen molar-refractivity contribution in [2.45, 2.75) is 83.0 Å². The number of hydrogen-bond donors (Lipinski definition) is 0. The maximum atomic E-state index is 14.7. The third kappa shape index (κ3) is 5.68. The van der Waals surface area contributed by atoms with Crippen molar-refractivity contribution in [3.8, 4) is 0 Å². The molecule has 36 heavy (non-hydrogen) atoms. The van der Waals surface area contributed by atoms with Crippen molar-refractivity contribution >= 4 is 37.4 Å². The van der Waals surface area contributed by atoms with Crippen molar-refractivity contribution in [2.75, 3.05) is 6.61 Å². The summed E-state index contributed by atoms with van der Waals surface area (Å²) in [5.41, 5.74) is 1.48. The first-order chi connectivity index (χ1) is 16.8. The Morgan fingerprint density at radius 1 is 1.14 bits per heavy atom. The van der Waals surface area contributed by atoms with E-state index in [9.17, 15) is 9.18 Å². The Labute approximate surface area is 225 Å². The van der Waals surface area contributed by atoms with E-state index in [1.165, 1.54) is 6.07 Å². The third-order valence-corrected chi connectivity index (χ3v) is 13.0. The quantitative estimate of drug-likeness (QED) is 0.327. The number of hydrogen-bond acceptors (Lipinski definition) is 3. The Morgan fingerprint density at radius 2 is 1.83 bits per heavy atom. The first-order valence-electron chi connectivity index (χ1n) is 12.6. The van der Waals surface area contributed by atoms with Crippen LogP contribution in [-0.2, 0) is 14.0 Å². The van der Waals surface area contributed by atoms with Gasteiger partial charge in [-0.25, -0.2) is 4.39 Å². The zero-order valence-corrected chi connectivity index (χ0v) is 24.4. The van der Waals surface area contributed by atoms with Crippen LogP contribution in [0.3, 0.4) is 0 Å². The Bertz CT molecular complexity index is 1120. The number of amides is 1. The number of carbonyl (C=O) groups excluding carboxylic acids is 1. The van der Waals surface area contributed by atoms with Gasteiger partial charge in [-0.3, -0.25) is 4.79 Å². The molecule has 4 nitrogen and oxygen atoms in total. The van der Waals surface area contributed by atoms with Crippen molar-refractivity contribution in [1.29, 1.82) is 0 Å². The van der Waals surface area contributed by atoms with E-state index in [0.717, 1.165) is 18.4 Å². The molecule has 0 bridgehead atoms. The van der Waals surface area contributed by atoms with Gasteiger partial charge in [-0.15, -0.1) is 0 Å². The third-order valence-electron chi connectivity index (χ3n) is 7.95. The van der Waals surface area contributed by atoms with Gasteiger partial charge in [-0.2, -0.15) is 0 Å². The Morgan fingerprint density at radius 3 is 2.42 bits per heavy atom. The van der Waals surface area contributed by atoms with E-state index in [4.69, 9.17) is 32.4 Å². The second-order valence-electron chi connectivity index (χ2n) is 11.6. The Hall–Kier alpha value is -1.44. The molecular formula is C28H36Cl2FNO3Si. The van der Waals surface area contributed by atoms with Gasteiger partial charge in [0.15, 0.2) is 8.32 Å². The van der Waals surface area contributed by atoms with Gasteiger partial charge < -0.3 is 14.1 Å². The fraction of sp³-hybridized carbons (Fsp3) is 0.536. The zero-order valence-electron chi connectivity index (χ0n) is 21.9. The molecule has 0 N–H and O–H groups in total. The summed E-state index contributed by atoms with van der Waals surface area (Å²) < 4.78 is 27.7. The van der Waals surface area contributed by atoms with Gasteiger partial charge in [-0.1, -0.05) is 62.2 Å². The molecule has 2 aliphatic rings. The lowest BCUT2D eigenvalue weighted by molar-refractivity contribution is -0.179. The number of nitrogens with zero attached hydrogens (tertiary/aromatic N) is 1. The minimum absolute atomic E-state index is 0.0426. The molecular weight excluding hydrogens is 516 g/mol. The molecule has 1 aliphatic heterocycles. The van der Waals surface area contributed by atoms with E-state index in [0.29, 0.717) is 23.1 Å². The van der Waals surface area contributed by atoms with Crippen molar-refractivity contribution in [2.24, 2.45) is 5.92 Å². The smallest absolute Gasteiger partial charge is 0.252 e. The number of halogens is 3. The fourth-order valence-electron chi connectivity index (χ4n) is 4.63. The largest absolute Gasteiger partial charge is 0.415 e. The molecule has 1 saturated heterocycles. The standard InChI is InChI=1S/C28H36Cl2FNO3Si/c1-17-27(33)32(24(18-10-11-18)16-34-36(5,6)28(2,3)4)25(19-12-13-22(30)23(31)15-19)26(35-17)20-8-7-9-21(29)14-20/h7-9,12-15,17-18,24-26H,10-11,16H2,1-6H3/t17-,24?,25?,26-/m1/s1. The van der Waals surface area contributed by atoms with Gasteiger partial charge in [0.05, 0.1) is 23.7 Å². The van der Waals surface area contributed by atoms with E-state index in [1.54, 1.807) is 25.1 Å². The van der Waals surface area contributed by atoms with Crippen LogP contribution in [0.25, 0.3) is 0 Å². The van der Waals surface area contributed by atoms with Crippen molar-refractivity contribution < 1.29 is 18.3 Å². The first-order valence-corrected chi connectivity index (χ1v) is 16.3. The molecule has 1 amide bonds. The molecule has 4 rings (SSSR count). The molecule has 1 aliphatic carbocycles. The minimum atomic E-state index is -2.06. The lowest BCUT2D eigenvalue weighted by Gasteiger charge is -2.48. The van der Waals surface area contributed by atoms with Crippen LogP contribution in [-0.4, -0.2) is 37.9 Å². The highest BCUT2D eigenvalue weighted by molar-refractivity contribution is 6.74. The van der Waals surface area contributed by atoms with Gasteiger partial charge in [0.1, 0.15) is 18.0 Å². The molecule has 0 aromatic heterocycles. The predicted molar refractivity (Wildman–Crippen MR) is 145 cm³/mol. The molecule has 8 heteroatoms. The predicted octanol–water partition coefficient (Wildman–Crippen LogP) is 7.96. The fourth-order valence-corrected chi connectivity index (χ4v) is 5.96.